The number of hydrogen-bond acceptors (Lipinski definition) is 6. The molecular formula is C22H29N3O3S. The van der Waals surface area contributed by atoms with Crippen LogP contribution in [0.3, 0.4) is 0 Å². The van der Waals surface area contributed by atoms with Crippen molar-refractivity contribution in [3.05, 3.63) is 46.1 Å². The fourth-order valence-corrected chi connectivity index (χ4v) is 5.05. The highest BCUT2D eigenvalue weighted by Gasteiger charge is 2.30. The first kappa shape index (κ1) is 21.5. The molecule has 0 fully saturated rings. The maximum atomic E-state index is 12.8. The average molecular weight is 416 g/mol. The second-order valence-corrected chi connectivity index (χ2v) is 8.74. The Morgan fingerprint density at radius 3 is 2.83 bits per heavy atom. The number of carbonyl (C=O) groups is 2. The van der Waals surface area contributed by atoms with Crippen LogP contribution in [0, 0.1) is 5.92 Å². The molecule has 2 N–H and O–H groups in total. The molecule has 1 amide bonds. The van der Waals surface area contributed by atoms with Crippen LogP contribution >= 0.6 is 11.3 Å². The molecular weight excluding hydrogens is 386 g/mol. The van der Waals surface area contributed by atoms with E-state index in [-0.39, 0.29) is 17.9 Å². The van der Waals surface area contributed by atoms with Gasteiger partial charge in [0.15, 0.2) is 0 Å². The minimum atomic E-state index is -0.444. The molecule has 2 aromatic rings. The molecule has 0 aromatic carbocycles. The molecule has 1 aliphatic carbocycles. The van der Waals surface area contributed by atoms with Crippen molar-refractivity contribution in [1.82, 2.24) is 10.3 Å². The van der Waals surface area contributed by atoms with Crippen LogP contribution in [0.25, 0.3) is 0 Å². The molecule has 0 aliphatic heterocycles. The smallest absolute Gasteiger partial charge is 0.341 e. The molecule has 0 spiro atoms. The number of nitrogens with zero attached hydrogens (tertiary/aromatic N) is 1. The van der Waals surface area contributed by atoms with Crippen LogP contribution < -0.4 is 10.6 Å². The summed E-state index contributed by atoms with van der Waals surface area (Å²) in [5, 5.41) is 6.85. The first-order chi connectivity index (χ1) is 13.9. The van der Waals surface area contributed by atoms with Gasteiger partial charge in [0, 0.05) is 17.1 Å². The van der Waals surface area contributed by atoms with Gasteiger partial charge in [-0.2, -0.15) is 0 Å². The highest BCUT2D eigenvalue weighted by molar-refractivity contribution is 7.17. The van der Waals surface area contributed by atoms with Gasteiger partial charge >= 0.3 is 5.97 Å². The largest absolute Gasteiger partial charge is 0.462 e. The Balaban J connectivity index is 1.76. The molecule has 7 heteroatoms. The summed E-state index contributed by atoms with van der Waals surface area (Å²) < 4.78 is 5.28. The van der Waals surface area contributed by atoms with Crippen molar-refractivity contribution in [2.24, 2.45) is 5.92 Å². The van der Waals surface area contributed by atoms with E-state index in [1.807, 2.05) is 32.0 Å². The molecule has 0 saturated carbocycles. The van der Waals surface area contributed by atoms with Crippen molar-refractivity contribution >= 4 is 28.2 Å². The van der Waals surface area contributed by atoms with E-state index in [1.165, 1.54) is 16.2 Å². The van der Waals surface area contributed by atoms with Crippen LogP contribution in [0.5, 0.6) is 0 Å². The van der Waals surface area contributed by atoms with Crippen LogP contribution in [0.15, 0.2) is 24.4 Å². The summed E-state index contributed by atoms with van der Waals surface area (Å²) in [7, 11) is 0. The Kier molecular flexibility index (Phi) is 7.03. The van der Waals surface area contributed by atoms with Crippen LogP contribution in [0.4, 0.5) is 5.00 Å². The molecule has 0 saturated heterocycles. The van der Waals surface area contributed by atoms with Crippen LogP contribution in [-0.2, 0) is 22.4 Å². The van der Waals surface area contributed by atoms with E-state index in [0.717, 1.165) is 30.5 Å². The number of pyridine rings is 1. The van der Waals surface area contributed by atoms with E-state index in [4.69, 9.17) is 4.74 Å². The molecule has 29 heavy (non-hydrogen) atoms. The van der Waals surface area contributed by atoms with E-state index in [1.54, 1.807) is 13.1 Å². The molecule has 3 rings (SSSR count). The lowest BCUT2D eigenvalue weighted by Crippen LogP contribution is -2.39. The molecule has 0 bridgehead atoms. The van der Waals surface area contributed by atoms with Crippen molar-refractivity contribution in [3.8, 4) is 0 Å². The lowest BCUT2D eigenvalue weighted by atomic mass is 9.88. The van der Waals surface area contributed by atoms with E-state index in [2.05, 4.69) is 22.5 Å². The van der Waals surface area contributed by atoms with Gasteiger partial charge in [0.2, 0.25) is 5.91 Å². The van der Waals surface area contributed by atoms with Gasteiger partial charge in [-0.25, -0.2) is 4.79 Å². The number of rotatable bonds is 7. The molecule has 0 radical (unpaired) electrons. The van der Waals surface area contributed by atoms with Gasteiger partial charge in [-0.1, -0.05) is 13.0 Å². The standard InChI is InChI=1S/C22H29N3O3S/c1-5-28-22(27)19-16-10-9-13(2)12-18(16)29-21(19)25-20(26)15(4)24-14(3)17-8-6-7-11-23-17/h6-8,11,13-15,24H,5,9-10,12H2,1-4H3,(H,25,26). The Hall–Kier alpha value is -2.25. The second-order valence-electron chi connectivity index (χ2n) is 7.63. The highest BCUT2D eigenvalue weighted by Crippen LogP contribution is 2.40. The minimum absolute atomic E-state index is 0.0705. The molecule has 3 atom stereocenters. The molecule has 2 aromatic heterocycles. The Labute approximate surface area is 176 Å². The number of carbonyl (C=O) groups excluding carboxylic acids is 2. The number of anilines is 1. The van der Waals surface area contributed by atoms with Gasteiger partial charge in [0.05, 0.1) is 23.9 Å². The van der Waals surface area contributed by atoms with Gasteiger partial charge in [-0.05, 0) is 63.6 Å². The van der Waals surface area contributed by atoms with Gasteiger partial charge < -0.3 is 10.1 Å². The Morgan fingerprint density at radius 1 is 1.34 bits per heavy atom. The third kappa shape index (κ3) is 5.03. The monoisotopic (exact) mass is 415 g/mol. The molecule has 1 aliphatic rings. The third-order valence-electron chi connectivity index (χ3n) is 5.25. The van der Waals surface area contributed by atoms with Gasteiger partial charge in [0.25, 0.3) is 0 Å². The van der Waals surface area contributed by atoms with Gasteiger partial charge in [0.1, 0.15) is 5.00 Å². The molecule has 3 unspecified atom stereocenters. The fraction of sp³-hybridized carbons (Fsp3) is 0.500. The zero-order valence-electron chi connectivity index (χ0n) is 17.5. The van der Waals surface area contributed by atoms with Crippen molar-refractivity contribution < 1.29 is 14.3 Å². The second kappa shape index (κ2) is 9.50. The number of aromatic nitrogens is 1. The number of hydrogen-bond donors (Lipinski definition) is 2. The van der Waals surface area contributed by atoms with Crippen LogP contribution in [0.1, 0.15) is 66.7 Å². The number of amides is 1. The Morgan fingerprint density at radius 2 is 2.14 bits per heavy atom. The van der Waals surface area contributed by atoms with E-state index >= 15 is 0 Å². The summed E-state index contributed by atoms with van der Waals surface area (Å²) in [5.41, 5.74) is 2.46. The molecule has 6 nitrogen and oxygen atoms in total. The predicted octanol–water partition coefficient (Wildman–Crippen LogP) is 4.12. The van der Waals surface area contributed by atoms with Crippen molar-refractivity contribution in [2.75, 3.05) is 11.9 Å². The van der Waals surface area contributed by atoms with E-state index in [9.17, 15) is 9.59 Å². The summed E-state index contributed by atoms with van der Waals surface area (Å²) in [6.45, 7) is 8.11. The number of fused-ring (bicyclic) bond motifs is 1. The number of thiophene rings is 1. The van der Waals surface area contributed by atoms with Crippen LogP contribution in [-0.4, -0.2) is 29.5 Å². The lowest BCUT2D eigenvalue weighted by molar-refractivity contribution is -0.117. The summed E-state index contributed by atoms with van der Waals surface area (Å²) in [4.78, 5) is 31.0. The quantitative estimate of drug-likeness (QED) is 0.665. The van der Waals surface area contributed by atoms with Crippen molar-refractivity contribution in [2.45, 2.75) is 59.0 Å². The fourth-order valence-electron chi connectivity index (χ4n) is 3.65. The highest BCUT2D eigenvalue weighted by atomic mass is 32.1. The topological polar surface area (TPSA) is 80.3 Å². The van der Waals surface area contributed by atoms with Crippen molar-refractivity contribution in [3.63, 3.8) is 0 Å². The predicted molar refractivity (Wildman–Crippen MR) is 115 cm³/mol. The lowest BCUT2D eigenvalue weighted by Gasteiger charge is -2.19. The first-order valence-electron chi connectivity index (χ1n) is 10.2. The summed E-state index contributed by atoms with van der Waals surface area (Å²) in [6, 6.07) is 5.20. The SMILES string of the molecule is CCOC(=O)c1c(NC(=O)C(C)NC(C)c2ccccn2)sc2c1CCC(C)C2. The first-order valence-corrected chi connectivity index (χ1v) is 11.0. The summed E-state index contributed by atoms with van der Waals surface area (Å²) in [5.74, 6) is 0.0573. The Bertz CT molecular complexity index is 866. The normalized spacial score (nSPS) is 17.9. The zero-order chi connectivity index (χ0) is 21.0. The zero-order valence-corrected chi connectivity index (χ0v) is 18.3. The molecule has 156 valence electrons. The number of nitrogens with one attached hydrogen (secondary N) is 2. The average Bonchev–Trinajstić information content (AvgIpc) is 3.05. The van der Waals surface area contributed by atoms with Gasteiger partial charge in [-0.15, -0.1) is 11.3 Å². The van der Waals surface area contributed by atoms with Gasteiger partial charge in [-0.3, -0.25) is 15.1 Å². The maximum Gasteiger partial charge on any atom is 0.341 e. The number of ether oxygens (including phenoxy) is 1. The maximum absolute atomic E-state index is 12.8. The van der Waals surface area contributed by atoms with Crippen LogP contribution in [0.2, 0.25) is 0 Å². The summed E-state index contributed by atoms with van der Waals surface area (Å²) >= 11 is 1.51. The molecule has 2 heterocycles. The number of esters is 1. The van der Waals surface area contributed by atoms with E-state index in [0.29, 0.717) is 23.1 Å². The van der Waals surface area contributed by atoms with Crippen molar-refractivity contribution in [1.29, 1.82) is 0 Å². The third-order valence-corrected chi connectivity index (χ3v) is 6.42. The van der Waals surface area contributed by atoms with E-state index < -0.39 is 6.04 Å². The minimum Gasteiger partial charge on any atom is -0.462 e. The summed E-state index contributed by atoms with van der Waals surface area (Å²) in [6.07, 6.45) is 4.57.